The van der Waals surface area contributed by atoms with Gasteiger partial charge >= 0.3 is 0 Å². The molecule has 5 atom stereocenters. The lowest BCUT2D eigenvalue weighted by molar-refractivity contribution is -0.0190. The number of alkyl halides is 2. The number of aromatic nitrogens is 1. The van der Waals surface area contributed by atoms with E-state index in [1.165, 1.54) is 30.2 Å². The highest BCUT2D eigenvalue weighted by Gasteiger charge is 2.57. The SMILES string of the molecule is C[C@]12CCC(=N)C=C1CC[C@@H]1[C@@H]2CC[C@]2(C)C(c3cncc(C(F)F)c3)=CC[C@@H]12. The first kappa shape index (κ1) is 19.1. The van der Waals surface area contributed by atoms with E-state index in [0.717, 1.165) is 43.4 Å². The Balaban J connectivity index is 1.46. The molecule has 0 aliphatic heterocycles. The first-order chi connectivity index (χ1) is 13.8. The molecule has 154 valence electrons. The number of nitrogens with one attached hydrogen (secondary N) is 1. The van der Waals surface area contributed by atoms with Gasteiger partial charge in [-0.05, 0) is 96.8 Å². The van der Waals surface area contributed by atoms with Crippen molar-refractivity contribution in [2.45, 2.75) is 65.2 Å². The lowest BCUT2D eigenvalue weighted by Gasteiger charge is -2.58. The topological polar surface area (TPSA) is 36.7 Å². The Hall–Kier alpha value is -1.84. The average molecular weight is 397 g/mol. The van der Waals surface area contributed by atoms with Crippen LogP contribution < -0.4 is 0 Å². The Morgan fingerprint density at radius 1 is 1.07 bits per heavy atom. The predicted octanol–water partition coefficient (Wildman–Crippen LogP) is 7.00. The van der Waals surface area contributed by atoms with Crippen LogP contribution in [0, 0.1) is 34.0 Å². The second kappa shape index (κ2) is 6.58. The molecule has 4 aliphatic carbocycles. The van der Waals surface area contributed by atoms with Gasteiger partial charge in [-0.1, -0.05) is 25.5 Å². The van der Waals surface area contributed by atoms with E-state index < -0.39 is 6.43 Å². The van der Waals surface area contributed by atoms with Crippen molar-refractivity contribution in [1.29, 1.82) is 5.41 Å². The lowest BCUT2D eigenvalue weighted by atomic mass is 9.46. The highest BCUT2D eigenvalue weighted by molar-refractivity contribution is 5.94. The Bertz CT molecular complexity index is 917. The third-order valence-corrected chi connectivity index (χ3v) is 8.90. The second-order valence-corrected chi connectivity index (χ2v) is 10.1. The summed E-state index contributed by atoms with van der Waals surface area (Å²) in [5, 5.41) is 8.10. The predicted molar refractivity (Wildman–Crippen MR) is 112 cm³/mol. The van der Waals surface area contributed by atoms with E-state index in [4.69, 9.17) is 5.41 Å². The van der Waals surface area contributed by atoms with Gasteiger partial charge in [0.05, 0.1) is 0 Å². The summed E-state index contributed by atoms with van der Waals surface area (Å²) in [5.74, 6) is 1.96. The van der Waals surface area contributed by atoms with Gasteiger partial charge in [-0.2, -0.15) is 0 Å². The van der Waals surface area contributed by atoms with Gasteiger partial charge in [0.1, 0.15) is 0 Å². The number of hydrogen-bond donors (Lipinski definition) is 1. The molecular weight excluding hydrogens is 366 g/mol. The number of rotatable bonds is 2. The molecule has 0 spiro atoms. The third kappa shape index (κ3) is 2.78. The molecule has 0 amide bonds. The zero-order valence-corrected chi connectivity index (χ0v) is 17.3. The van der Waals surface area contributed by atoms with E-state index in [2.05, 4.69) is 31.0 Å². The molecule has 0 aromatic carbocycles. The molecule has 29 heavy (non-hydrogen) atoms. The Morgan fingerprint density at radius 3 is 2.69 bits per heavy atom. The van der Waals surface area contributed by atoms with E-state index >= 15 is 0 Å². The van der Waals surface area contributed by atoms with Crippen molar-refractivity contribution >= 4 is 11.3 Å². The molecule has 1 aromatic rings. The minimum absolute atomic E-state index is 0.0220. The molecule has 0 bridgehead atoms. The van der Waals surface area contributed by atoms with Gasteiger partial charge in [0.25, 0.3) is 6.43 Å². The number of allylic oxidation sites excluding steroid dienone is 4. The standard InChI is InChI=1S/C25H30F2N2/c1-24-9-7-18(28)12-17(24)3-4-19-21-6-5-20(25(21,2)10-8-22(19)24)15-11-16(23(26)27)14-29-13-15/h5,11-14,19,21-23,28H,3-4,6-10H2,1-2H3/t19-,21-,22-,24-,25+/m0/s1. The smallest absolute Gasteiger partial charge is 0.265 e. The summed E-state index contributed by atoms with van der Waals surface area (Å²) in [6.45, 7) is 4.82. The van der Waals surface area contributed by atoms with Crippen LogP contribution in [-0.2, 0) is 0 Å². The van der Waals surface area contributed by atoms with Gasteiger partial charge in [-0.25, -0.2) is 8.78 Å². The lowest BCUT2D eigenvalue weighted by Crippen LogP contribution is -2.49. The van der Waals surface area contributed by atoms with Gasteiger partial charge in [-0.15, -0.1) is 0 Å². The van der Waals surface area contributed by atoms with Crippen molar-refractivity contribution in [3.63, 3.8) is 0 Å². The van der Waals surface area contributed by atoms with Crippen LogP contribution >= 0.6 is 0 Å². The molecule has 2 nitrogen and oxygen atoms in total. The van der Waals surface area contributed by atoms with Crippen LogP contribution in [0.2, 0.25) is 0 Å². The van der Waals surface area contributed by atoms with E-state index in [1.54, 1.807) is 12.3 Å². The zero-order chi connectivity index (χ0) is 20.4. The molecule has 1 N–H and O–H groups in total. The maximum atomic E-state index is 13.2. The molecule has 5 rings (SSSR count). The first-order valence-electron chi connectivity index (χ1n) is 11.1. The van der Waals surface area contributed by atoms with E-state index in [1.807, 2.05) is 0 Å². The second-order valence-electron chi connectivity index (χ2n) is 10.1. The normalized spacial score (nSPS) is 38.8. The zero-order valence-electron chi connectivity index (χ0n) is 17.3. The van der Waals surface area contributed by atoms with Gasteiger partial charge in [0.2, 0.25) is 0 Å². The molecule has 2 saturated carbocycles. The van der Waals surface area contributed by atoms with Crippen LogP contribution in [0.4, 0.5) is 8.78 Å². The monoisotopic (exact) mass is 396 g/mol. The van der Waals surface area contributed by atoms with Crippen LogP contribution in [-0.4, -0.2) is 10.7 Å². The number of nitrogens with zero attached hydrogens (tertiary/aromatic N) is 1. The van der Waals surface area contributed by atoms with Crippen molar-refractivity contribution in [2.24, 2.45) is 28.6 Å². The molecule has 0 radical (unpaired) electrons. The fourth-order valence-electron chi connectivity index (χ4n) is 7.33. The van der Waals surface area contributed by atoms with Crippen molar-refractivity contribution in [3.05, 3.63) is 47.3 Å². The summed E-state index contributed by atoms with van der Waals surface area (Å²) in [4.78, 5) is 4.12. The van der Waals surface area contributed by atoms with Crippen LogP contribution in [0.1, 0.15) is 76.3 Å². The van der Waals surface area contributed by atoms with Crippen LogP contribution in [0.3, 0.4) is 0 Å². The van der Waals surface area contributed by atoms with Crippen LogP contribution in [0.15, 0.2) is 36.2 Å². The van der Waals surface area contributed by atoms with Gasteiger partial charge < -0.3 is 5.41 Å². The Morgan fingerprint density at radius 2 is 1.90 bits per heavy atom. The minimum atomic E-state index is -2.47. The summed E-state index contributed by atoms with van der Waals surface area (Å²) in [5.41, 5.74) is 4.77. The van der Waals surface area contributed by atoms with E-state index in [-0.39, 0.29) is 16.4 Å². The van der Waals surface area contributed by atoms with Crippen LogP contribution in [0.5, 0.6) is 0 Å². The highest BCUT2D eigenvalue weighted by Crippen LogP contribution is 2.66. The molecule has 0 saturated heterocycles. The molecule has 2 fully saturated rings. The molecular formula is C25H30F2N2. The minimum Gasteiger partial charge on any atom is -0.305 e. The number of pyridine rings is 1. The molecule has 4 aliphatic rings. The van der Waals surface area contributed by atoms with Crippen molar-refractivity contribution < 1.29 is 8.78 Å². The van der Waals surface area contributed by atoms with Crippen molar-refractivity contribution in [1.82, 2.24) is 4.98 Å². The van der Waals surface area contributed by atoms with Gasteiger partial charge in [0, 0.05) is 23.7 Å². The Kier molecular flexibility index (Phi) is 4.34. The third-order valence-electron chi connectivity index (χ3n) is 8.90. The fourth-order valence-corrected chi connectivity index (χ4v) is 7.33. The fraction of sp³-hybridized carbons (Fsp3) is 0.600. The summed E-state index contributed by atoms with van der Waals surface area (Å²) in [6, 6.07) is 1.65. The summed E-state index contributed by atoms with van der Waals surface area (Å²) >= 11 is 0. The number of hydrogen-bond acceptors (Lipinski definition) is 2. The van der Waals surface area contributed by atoms with Crippen LogP contribution in [0.25, 0.3) is 5.57 Å². The quantitative estimate of drug-likeness (QED) is 0.574. The maximum absolute atomic E-state index is 13.2. The van der Waals surface area contributed by atoms with Gasteiger partial charge in [0.15, 0.2) is 0 Å². The summed E-state index contributed by atoms with van der Waals surface area (Å²) < 4.78 is 26.5. The highest BCUT2D eigenvalue weighted by atomic mass is 19.3. The molecule has 4 heteroatoms. The Labute approximate surface area is 172 Å². The maximum Gasteiger partial charge on any atom is 0.265 e. The van der Waals surface area contributed by atoms with E-state index in [0.29, 0.717) is 17.8 Å². The molecule has 1 aromatic heterocycles. The number of halogens is 2. The van der Waals surface area contributed by atoms with Crippen molar-refractivity contribution in [3.8, 4) is 0 Å². The largest absolute Gasteiger partial charge is 0.305 e. The number of fused-ring (bicyclic) bond motifs is 5. The first-order valence-corrected chi connectivity index (χ1v) is 11.1. The average Bonchev–Trinajstić information content (AvgIpc) is 3.06. The van der Waals surface area contributed by atoms with Gasteiger partial charge in [-0.3, -0.25) is 4.98 Å². The summed E-state index contributed by atoms with van der Waals surface area (Å²) in [6.07, 6.45) is 12.8. The molecule has 0 unspecified atom stereocenters. The van der Waals surface area contributed by atoms with Crippen molar-refractivity contribution in [2.75, 3.05) is 0 Å². The van der Waals surface area contributed by atoms with E-state index in [9.17, 15) is 8.78 Å². The molecule has 1 heterocycles. The summed E-state index contributed by atoms with van der Waals surface area (Å²) in [7, 11) is 0.